The van der Waals surface area contributed by atoms with Crippen LogP contribution in [0.1, 0.15) is 38.1 Å². The molecule has 11 heteroatoms. The smallest absolute Gasteiger partial charge is 0.339 e. The molecule has 9 nitrogen and oxygen atoms in total. The van der Waals surface area contributed by atoms with Gasteiger partial charge in [0.15, 0.2) is 6.61 Å². The van der Waals surface area contributed by atoms with Gasteiger partial charge in [0.25, 0.3) is 5.91 Å². The summed E-state index contributed by atoms with van der Waals surface area (Å²) in [4.78, 5) is 35.1. The summed E-state index contributed by atoms with van der Waals surface area (Å²) in [5.74, 6) is -1.73. The number of carbonyl (C=O) groups excluding carboxylic acids is 3. The van der Waals surface area contributed by atoms with Crippen LogP contribution >= 0.6 is 15.9 Å². The third-order valence-electron chi connectivity index (χ3n) is 2.87. The molecule has 0 bridgehead atoms. The fourth-order valence-electron chi connectivity index (χ4n) is 1.88. The molecule has 27 heavy (non-hydrogen) atoms. The van der Waals surface area contributed by atoms with Crippen LogP contribution in [0.3, 0.4) is 0 Å². The third-order valence-corrected chi connectivity index (χ3v) is 5.21. The van der Waals surface area contributed by atoms with Crippen LogP contribution in [0, 0.1) is 0 Å². The lowest BCUT2D eigenvalue weighted by atomic mass is 10.2. The van der Waals surface area contributed by atoms with E-state index in [1.807, 2.05) is 5.32 Å². The first-order chi connectivity index (χ1) is 12.4. The van der Waals surface area contributed by atoms with Gasteiger partial charge in [0.1, 0.15) is 0 Å². The number of nitrogens with one attached hydrogen (secondary N) is 3. The molecule has 3 amide bonds. The van der Waals surface area contributed by atoms with E-state index < -0.39 is 34.5 Å². The van der Waals surface area contributed by atoms with Crippen LogP contribution in [0.5, 0.6) is 0 Å². The standard InChI is InChI=1S/C16H22BrN3O6S/c1-9(2)18-16(23)19-14(21)8-26-15(22)12-7-11(5-6-13(12)17)27(24,25)20-10(3)4/h5-7,9-10,20H,8H2,1-4H3,(H2,18,19,21,23). The fraction of sp³-hybridized carbons (Fsp3) is 0.438. The van der Waals surface area contributed by atoms with E-state index in [4.69, 9.17) is 4.74 Å². The molecule has 0 aliphatic heterocycles. The highest BCUT2D eigenvalue weighted by atomic mass is 79.9. The quantitative estimate of drug-likeness (QED) is 0.525. The van der Waals surface area contributed by atoms with Crippen LogP contribution < -0.4 is 15.4 Å². The highest BCUT2D eigenvalue weighted by Gasteiger charge is 2.21. The highest BCUT2D eigenvalue weighted by Crippen LogP contribution is 2.22. The molecule has 0 heterocycles. The average Bonchev–Trinajstić information content (AvgIpc) is 2.50. The van der Waals surface area contributed by atoms with Gasteiger partial charge in [-0.25, -0.2) is 22.7 Å². The Labute approximate surface area is 166 Å². The number of halogens is 1. The van der Waals surface area contributed by atoms with Gasteiger partial charge in [-0.1, -0.05) is 0 Å². The van der Waals surface area contributed by atoms with E-state index in [0.29, 0.717) is 4.47 Å². The van der Waals surface area contributed by atoms with Crippen molar-refractivity contribution < 1.29 is 27.5 Å². The Hall–Kier alpha value is -1.98. The lowest BCUT2D eigenvalue weighted by molar-refractivity contribution is -0.123. The molecule has 1 aromatic rings. The Morgan fingerprint density at radius 2 is 1.74 bits per heavy atom. The van der Waals surface area contributed by atoms with E-state index in [1.54, 1.807) is 27.7 Å². The Morgan fingerprint density at radius 1 is 1.11 bits per heavy atom. The van der Waals surface area contributed by atoms with Crippen molar-refractivity contribution >= 4 is 43.9 Å². The van der Waals surface area contributed by atoms with Crippen molar-refractivity contribution in [2.24, 2.45) is 0 Å². The second-order valence-corrected chi connectivity index (χ2v) is 8.74. The Kier molecular flexibility index (Phi) is 8.38. The molecule has 0 atom stereocenters. The van der Waals surface area contributed by atoms with Gasteiger partial charge in [0, 0.05) is 16.6 Å². The van der Waals surface area contributed by atoms with Crippen LogP contribution in [0.25, 0.3) is 0 Å². The fourth-order valence-corrected chi connectivity index (χ4v) is 3.56. The maximum atomic E-state index is 12.2. The van der Waals surface area contributed by atoms with Gasteiger partial charge in [-0.2, -0.15) is 0 Å². The zero-order valence-electron chi connectivity index (χ0n) is 15.3. The lowest BCUT2D eigenvalue weighted by Gasteiger charge is -2.12. The number of hydrogen-bond donors (Lipinski definition) is 3. The van der Waals surface area contributed by atoms with E-state index in [1.165, 1.54) is 12.1 Å². The number of ether oxygens (including phenoxy) is 1. The summed E-state index contributed by atoms with van der Waals surface area (Å²) in [5.41, 5.74) is -0.0685. The maximum Gasteiger partial charge on any atom is 0.339 e. The Morgan fingerprint density at radius 3 is 2.30 bits per heavy atom. The first-order valence-corrected chi connectivity index (χ1v) is 10.3. The minimum Gasteiger partial charge on any atom is -0.452 e. The van der Waals surface area contributed by atoms with Gasteiger partial charge >= 0.3 is 12.0 Å². The van der Waals surface area contributed by atoms with Crippen molar-refractivity contribution in [3.8, 4) is 0 Å². The second kappa shape index (κ2) is 9.81. The van der Waals surface area contributed by atoms with Gasteiger partial charge in [-0.15, -0.1) is 0 Å². The summed E-state index contributed by atoms with van der Waals surface area (Å²) in [6, 6.07) is 2.66. The maximum absolute atomic E-state index is 12.2. The van der Waals surface area contributed by atoms with Crippen LogP contribution in [0.2, 0.25) is 0 Å². The molecular weight excluding hydrogens is 442 g/mol. The van der Waals surface area contributed by atoms with Crippen LogP contribution in [0.4, 0.5) is 4.79 Å². The topological polar surface area (TPSA) is 131 Å². The van der Waals surface area contributed by atoms with Crippen molar-refractivity contribution in [3.05, 3.63) is 28.2 Å². The minimum atomic E-state index is -3.80. The molecule has 0 spiro atoms. The van der Waals surface area contributed by atoms with Gasteiger partial charge in [-0.3, -0.25) is 10.1 Å². The highest BCUT2D eigenvalue weighted by molar-refractivity contribution is 9.10. The molecule has 3 N–H and O–H groups in total. The number of carbonyl (C=O) groups is 3. The van der Waals surface area contributed by atoms with Gasteiger partial charge in [0.2, 0.25) is 10.0 Å². The molecule has 0 radical (unpaired) electrons. The number of benzene rings is 1. The number of amides is 3. The summed E-state index contributed by atoms with van der Waals surface area (Å²) >= 11 is 3.14. The molecule has 0 aromatic heterocycles. The van der Waals surface area contributed by atoms with Crippen molar-refractivity contribution in [2.75, 3.05) is 6.61 Å². The summed E-state index contributed by atoms with van der Waals surface area (Å²) in [7, 11) is -3.80. The molecule has 0 saturated carbocycles. The van der Waals surface area contributed by atoms with Crippen molar-refractivity contribution in [1.29, 1.82) is 0 Å². The molecule has 1 aromatic carbocycles. The number of imide groups is 1. The number of hydrogen-bond acceptors (Lipinski definition) is 6. The van der Waals surface area contributed by atoms with Crippen LogP contribution in [-0.2, 0) is 19.6 Å². The normalized spacial score (nSPS) is 11.4. The lowest BCUT2D eigenvalue weighted by Crippen LogP contribution is -2.44. The van der Waals surface area contributed by atoms with Crippen LogP contribution in [-0.4, -0.2) is 45.0 Å². The van der Waals surface area contributed by atoms with E-state index in [2.05, 4.69) is 26.0 Å². The average molecular weight is 464 g/mol. The minimum absolute atomic E-state index is 0.0685. The SMILES string of the molecule is CC(C)NC(=O)NC(=O)COC(=O)c1cc(S(=O)(=O)NC(C)C)ccc1Br. The zero-order chi connectivity index (χ0) is 20.8. The van der Waals surface area contributed by atoms with Crippen molar-refractivity contribution in [1.82, 2.24) is 15.4 Å². The Balaban J connectivity index is 2.82. The molecular formula is C16H22BrN3O6S. The van der Waals surface area contributed by atoms with Crippen molar-refractivity contribution in [2.45, 2.75) is 44.7 Å². The first-order valence-electron chi connectivity index (χ1n) is 8.01. The van der Waals surface area contributed by atoms with E-state index in [0.717, 1.165) is 6.07 Å². The monoisotopic (exact) mass is 463 g/mol. The zero-order valence-corrected chi connectivity index (χ0v) is 17.7. The molecule has 0 saturated heterocycles. The molecule has 150 valence electrons. The summed E-state index contributed by atoms with van der Waals surface area (Å²) < 4.78 is 32.0. The predicted molar refractivity (Wildman–Crippen MR) is 102 cm³/mol. The third kappa shape index (κ3) is 7.65. The molecule has 0 aliphatic carbocycles. The van der Waals surface area contributed by atoms with E-state index >= 15 is 0 Å². The number of urea groups is 1. The number of esters is 1. The largest absolute Gasteiger partial charge is 0.452 e. The predicted octanol–water partition coefficient (Wildman–Crippen LogP) is 1.53. The molecule has 0 aliphatic rings. The molecule has 1 rings (SSSR count). The Bertz CT molecular complexity index is 823. The van der Waals surface area contributed by atoms with E-state index in [-0.39, 0.29) is 22.5 Å². The number of rotatable bonds is 7. The summed E-state index contributed by atoms with van der Waals surface area (Å²) in [6.07, 6.45) is 0. The van der Waals surface area contributed by atoms with Gasteiger partial charge in [-0.05, 0) is 61.8 Å². The number of sulfonamides is 1. The van der Waals surface area contributed by atoms with Gasteiger partial charge in [0.05, 0.1) is 10.5 Å². The second-order valence-electron chi connectivity index (χ2n) is 6.17. The van der Waals surface area contributed by atoms with E-state index in [9.17, 15) is 22.8 Å². The summed E-state index contributed by atoms with van der Waals surface area (Å²) in [5, 5.41) is 4.46. The summed E-state index contributed by atoms with van der Waals surface area (Å²) in [6.45, 7) is 6.07. The van der Waals surface area contributed by atoms with Crippen LogP contribution in [0.15, 0.2) is 27.6 Å². The van der Waals surface area contributed by atoms with Crippen molar-refractivity contribution in [3.63, 3.8) is 0 Å². The molecule has 0 fully saturated rings. The van der Waals surface area contributed by atoms with Gasteiger partial charge < -0.3 is 10.1 Å². The first kappa shape index (κ1) is 23.1. The molecule has 0 unspecified atom stereocenters.